The van der Waals surface area contributed by atoms with E-state index in [2.05, 4.69) is 12.2 Å². The van der Waals surface area contributed by atoms with E-state index in [0.717, 1.165) is 31.0 Å². The summed E-state index contributed by atoms with van der Waals surface area (Å²) in [5, 5.41) is 3.83. The van der Waals surface area contributed by atoms with Gasteiger partial charge in [-0.05, 0) is 56.9 Å². The van der Waals surface area contributed by atoms with E-state index in [1.165, 1.54) is 70.6 Å². The zero-order valence-corrected chi connectivity index (χ0v) is 13.3. The molecular formula is C18H33NO. The third-order valence-electron chi connectivity index (χ3n) is 6.14. The Hall–Kier alpha value is -0.0800. The standard InChI is InChI=1S/C18H33NO/c1-2-19-17(13-15-7-4-3-5-8-15)16-9-12-20-18(14-16)10-6-11-18/h15-17,19H,2-14H2,1H3. The monoisotopic (exact) mass is 279 g/mol. The van der Waals surface area contributed by atoms with Gasteiger partial charge in [0, 0.05) is 12.6 Å². The number of nitrogens with one attached hydrogen (secondary N) is 1. The van der Waals surface area contributed by atoms with Gasteiger partial charge in [0.25, 0.3) is 0 Å². The van der Waals surface area contributed by atoms with Crippen molar-refractivity contribution in [3.05, 3.63) is 0 Å². The highest BCUT2D eigenvalue weighted by Crippen LogP contribution is 2.45. The summed E-state index contributed by atoms with van der Waals surface area (Å²) in [6.45, 7) is 4.41. The normalized spacial score (nSPS) is 31.9. The molecule has 0 aromatic carbocycles. The van der Waals surface area contributed by atoms with Crippen molar-refractivity contribution in [3.8, 4) is 0 Å². The minimum absolute atomic E-state index is 0.309. The lowest BCUT2D eigenvalue weighted by Gasteiger charge is -2.49. The van der Waals surface area contributed by atoms with Gasteiger partial charge in [0.05, 0.1) is 5.60 Å². The maximum absolute atomic E-state index is 6.12. The second-order valence-electron chi connectivity index (χ2n) is 7.54. The zero-order valence-electron chi connectivity index (χ0n) is 13.3. The van der Waals surface area contributed by atoms with E-state index in [9.17, 15) is 0 Å². The molecular weight excluding hydrogens is 246 g/mol. The van der Waals surface area contributed by atoms with Crippen LogP contribution in [0.15, 0.2) is 0 Å². The van der Waals surface area contributed by atoms with E-state index in [4.69, 9.17) is 4.74 Å². The maximum atomic E-state index is 6.12. The quantitative estimate of drug-likeness (QED) is 0.811. The Labute approximate surface area is 125 Å². The molecule has 2 aliphatic carbocycles. The maximum Gasteiger partial charge on any atom is 0.0685 e. The zero-order chi connectivity index (χ0) is 13.8. The van der Waals surface area contributed by atoms with Crippen LogP contribution in [-0.4, -0.2) is 24.8 Å². The third kappa shape index (κ3) is 3.39. The molecule has 2 nitrogen and oxygen atoms in total. The predicted octanol–water partition coefficient (Wildman–Crippen LogP) is 4.28. The van der Waals surface area contributed by atoms with Crippen LogP contribution in [-0.2, 0) is 4.74 Å². The summed E-state index contributed by atoms with van der Waals surface area (Å²) in [4.78, 5) is 0. The van der Waals surface area contributed by atoms with E-state index in [1.807, 2.05) is 0 Å². The summed E-state index contributed by atoms with van der Waals surface area (Å²) >= 11 is 0. The molecule has 3 aliphatic rings. The molecule has 0 aromatic heterocycles. The SMILES string of the molecule is CCNC(CC1CCCCC1)C1CCOC2(CCC2)C1. The summed E-state index contributed by atoms with van der Waals surface area (Å²) < 4.78 is 6.12. The molecule has 3 rings (SSSR count). The first kappa shape index (κ1) is 14.8. The molecule has 0 bridgehead atoms. The van der Waals surface area contributed by atoms with Crippen LogP contribution in [0.25, 0.3) is 0 Å². The first-order valence-corrected chi connectivity index (χ1v) is 9.19. The van der Waals surface area contributed by atoms with Gasteiger partial charge in [-0.1, -0.05) is 39.0 Å². The van der Waals surface area contributed by atoms with Crippen molar-refractivity contribution in [2.24, 2.45) is 11.8 Å². The molecule has 1 aliphatic heterocycles. The van der Waals surface area contributed by atoms with Gasteiger partial charge in [-0.2, -0.15) is 0 Å². The largest absolute Gasteiger partial charge is 0.375 e. The summed E-state index contributed by atoms with van der Waals surface area (Å²) in [6, 6.07) is 0.754. The predicted molar refractivity (Wildman–Crippen MR) is 83.9 cm³/mol. The van der Waals surface area contributed by atoms with E-state index in [1.54, 1.807) is 0 Å². The van der Waals surface area contributed by atoms with Crippen LogP contribution in [0.3, 0.4) is 0 Å². The van der Waals surface area contributed by atoms with Crippen LogP contribution in [0.1, 0.15) is 77.6 Å². The van der Waals surface area contributed by atoms with Crippen molar-refractivity contribution in [1.29, 1.82) is 0 Å². The fourth-order valence-corrected chi connectivity index (χ4v) is 4.82. The van der Waals surface area contributed by atoms with Crippen LogP contribution in [0, 0.1) is 11.8 Å². The van der Waals surface area contributed by atoms with E-state index in [0.29, 0.717) is 5.60 Å². The van der Waals surface area contributed by atoms with Gasteiger partial charge in [-0.15, -0.1) is 0 Å². The van der Waals surface area contributed by atoms with Crippen molar-refractivity contribution < 1.29 is 4.74 Å². The Morgan fingerprint density at radius 1 is 1.10 bits per heavy atom. The van der Waals surface area contributed by atoms with Crippen molar-refractivity contribution in [2.75, 3.05) is 13.2 Å². The highest BCUT2D eigenvalue weighted by Gasteiger charge is 2.44. The van der Waals surface area contributed by atoms with Gasteiger partial charge in [-0.3, -0.25) is 0 Å². The topological polar surface area (TPSA) is 21.3 Å². The van der Waals surface area contributed by atoms with Crippen LogP contribution in [0.4, 0.5) is 0 Å². The first-order chi connectivity index (χ1) is 9.81. The van der Waals surface area contributed by atoms with Gasteiger partial charge in [0.15, 0.2) is 0 Å². The number of rotatable bonds is 5. The van der Waals surface area contributed by atoms with Crippen molar-refractivity contribution >= 4 is 0 Å². The number of hydrogen-bond acceptors (Lipinski definition) is 2. The molecule has 1 saturated heterocycles. The Balaban J connectivity index is 1.57. The van der Waals surface area contributed by atoms with Gasteiger partial charge < -0.3 is 10.1 Å². The number of hydrogen-bond donors (Lipinski definition) is 1. The molecule has 0 amide bonds. The fraction of sp³-hybridized carbons (Fsp3) is 1.00. The number of ether oxygens (including phenoxy) is 1. The minimum Gasteiger partial charge on any atom is -0.375 e. The average molecular weight is 279 g/mol. The summed E-state index contributed by atoms with van der Waals surface area (Å²) in [7, 11) is 0. The average Bonchev–Trinajstić information content (AvgIpc) is 2.46. The summed E-state index contributed by atoms with van der Waals surface area (Å²) in [6.07, 6.45) is 15.5. The molecule has 2 unspecified atom stereocenters. The Bertz CT molecular complexity index is 294. The van der Waals surface area contributed by atoms with Gasteiger partial charge in [0.2, 0.25) is 0 Å². The van der Waals surface area contributed by atoms with Gasteiger partial charge in [0.1, 0.15) is 0 Å². The summed E-state index contributed by atoms with van der Waals surface area (Å²) in [5.41, 5.74) is 0.309. The Morgan fingerprint density at radius 2 is 1.90 bits per heavy atom. The smallest absolute Gasteiger partial charge is 0.0685 e. The molecule has 0 aromatic rings. The molecule has 2 saturated carbocycles. The van der Waals surface area contributed by atoms with Crippen molar-refractivity contribution in [2.45, 2.75) is 89.2 Å². The fourth-order valence-electron chi connectivity index (χ4n) is 4.82. The lowest BCUT2D eigenvalue weighted by Crippen LogP contribution is -2.50. The van der Waals surface area contributed by atoms with Gasteiger partial charge in [-0.25, -0.2) is 0 Å². The van der Waals surface area contributed by atoms with Crippen LogP contribution >= 0.6 is 0 Å². The second-order valence-corrected chi connectivity index (χ2v) is 7.54. The second kappa shape index (κ2) is 6.79. The molecule has 1 heterocycles. The van der Waals surface area contributed by atoms with E-state index in [-0.39, 0.29) is 0 Å². The molecule has 20 heavy (non-hydrogen) atoms. The molecule has 1 N–H and O–H groups in total. The highest BCUT2D eigenvalue weighted by atomic mass is 16.5. The van der Waals surface area contributed by atoms with E-state index >= 15 is 0 Å². The molecule has 2 atom stereocenters. The summed E-state index contributed by atoms with van der Waals surface area (Å²) in [5.74, 6) is 1.86. The lowest BCUT2D eigenvalue weighted by molar-refractivity contribution is -0.147. The molecule has 1 spiro atoms. The molecule has 116 valence electrons. The molecule has 3 fully saturated rings. The Kier molecular flexibility index (Phi) is 5.04. The van der Waals surface area contributed by atoms with Crippen LogP contribution in [0.2, 0.25) is 0 Å². The minimum atomic E-state index is 0.309. The van der Waals surface area contributed by atoms with Gasteiger partial charge >= 0.3 is 0 Å². The highest BCUT2D eigenvalue weighted by molar-refractivity contribution is 4.97. The Morgan fingerprint density at radius 3 is 2.55 bits per heavy atom. The van der Waals surface area contributed by atoms with Crippen molar-refractivity contribution in [3.63, 3.8) is 0 Å². The van der Waals surface area contributed by atoms with Crippen LogP contribution in [0.5, 0.6) is 0 Å². The third-order valence-corrected chi connectivity index (χ3v) is 6.14. The molecule has 0 radical (unpaired) electrons. The van der Waals surface area contributed by atoms with Crippen LogP contribution < -0.4 is 5.32 Å². The lowest BCUT2D eigenvalue weighted by atomic mass is 9.69. The first-order valence-electron chi connectivity index (χ1n) is 9.19. The van der Waals surface area contributed by atoms with E-state index < -0.39 is 0 Å². The van der Waals surface area contributed by atoms with Crippen molar-refractivity contribution in [1.82, 2.24) is 5.32 Å². The molecule has 2 heteroatoms.